The van der Waals surface area contributed by atoms with E-state index in [4.69, 9.17) is 18.9 Å². The first-order valence-electron chi connectivity index (χ1n) is 13.4. The Kier molecular flexibility index (Phi) is 8.05. The summed E-state index contributed by atoms with van der Waals surface area (Å²) in [6.45, 7) is 5.85. The van der Waals surface area contributed by atoms with Crippen molar-refractivity contribution in [2.24, 2.45) is 0 Å². The first-order chi connectivity index (χ1) is 19.1. The fraction of sp³-hybridized carbons (Fsp3) is 0.387. The Morgan fingerprint density at radius 2 is 1.82 bits per heavy atom. The Bertz CT molecular complexity index is 1490. The van der Waals surface area contributed by atoms with Crippen LogP contribution in [0.25, 0.3) is 11.1 Å². The van der Waals surface area contributed by atoms with Gasteiger partial charge in [-0.3, -0.25) is 4.79 Å². The largest absolute Gasteiger partial charge is 0.492 e. The lowest BCUT2D eigenvalue weighted by molar-refractivity contribution is -0.141. The number of esters is 1. The molecule has 212 valence electrons. The third-order valence-corrected chi connectivity index (χ3v) is 8.78. The maximum Gasteiger partial charge on any atom is 0.306 e. The van der Waals surface area contributed by atoms with Gasteiger partial charge >= 0.3 is 5.97 Å². The van der Waals surface area contributed by atoms with Crippen molar-refractivity contribution in [1.29, 1.82) is 0 Å². The predicted molar refractivity (Wildman–Crippen MR) is 152 cm³/mol. The number of methoxy groups -OCH3 is 1. The summed E-state index contributed by atoms with van der Waals surface area (Å²) in [7, 11) is -1.81. The third kappa shape index (κ3) is 6.26. The molecule has 2 heterocycles. The van der Waals surface area contributed by atoms with Gasteiger partial charge in [0.05, 0.1) is 32.9 Å². The molecule has 3 aromatic rings. The monoisotopic (exact) mass is 565 g/mol. The van der Waals surface area contributed by atoms with Gasteiger partial charge in [-0.05, 0) is 72.4 Å². The second-order valence-electron chi connectivity index (χ2n) is 10.6. The van der Waals surface area contributed by atoms with Gasteiger partial charge in [-0.25, -0.2) is 8.42 Å². The average molecular weight is 566 g/mol. The highest BCUT2D eigenvalue weighted by atomic mass is 32.2. The van der Waals surface area contributed by atoms with Gasteiger partial charge in [-0.1, -0.05) is 24.3 Å². The molecule has 2 atom stereocenters. The van der Waals surface area contributed by atoms with Crippen LogP contribution < -0.4 is 14.2 Å². The molecule has 0 saturated carbocycles. The Morgan fingerprint density at radius 3 is 2.52 bits per heavy atom. The number of benzene rings is 3. The van der Waals surface area contributed by atoms with Crippen molar-refractivity contribution in [3.05, 3.63) is 76.9 Å². The smallest absolute Gasteiger partial charge is 0.306 e. The summed E-state index contributed by atoms with van der Waals surface area (Å²) in [5.74, 6) is 1.96. The molecule has 0 bridgehead atoms. The Hall–Kier alpha value is -3.56. The molecule has 0 amide bonds. The van der Waals surface area contributed by atoms with Crippen molar-refractivity contribution >= 4 is 16.0 Å². The molecular formula is C31H35NO7S. The van der Waals surface area contributed by atoms with Gasteiger partial charge in [0.2, 0.25) is 10.0 Å². The zero-order valence-corrected chi connectivity index (χ0v) is 24.1. The summed E-state index contributed by atoms with van der Waals surface area (Å²) in [4.78, 5) is 11.7. The molecule has 5 rings (SSSR count). The second kappa shape index (κ2) is 11.5. The van der Waals surface area contributed by atoms with Crippen molar-refractivity contribution in [3.63, 3.8) is 0 Å². The highest BCUT2D eigenvalue weighted by molar-refractivity contribution is 7.88. The number of ether oxygens (including phenoxy) is 4. The standard InChI is InChI=1S/C31H35NO7S/c1-20-12-27(39-26-10-11-32(17-26)40(4,34)35)13-21(2)31(20)23-7-5-6-22(14-23)18-37-25-8-9-28-24(15-30(33)36-3)19-38-29(28)16-25/h5-9,12-14,16,24,26H,10-11,15,17-19H2,1-4H3. The van der Waals surface area contributed by atoms with Gasteiger partial charge in [0.25, 0.3) is 0 Å². The molecule has 1 fully saturated rings. The van der Waals surface area contributed by atoms with Crippen LogP contribution in [0.15, 0.2) is 54.6 Å². The summed E-state index contributed by atoms with van der Waals surface area (Å²) in [5.41, 5.74) is 6.44. The Morgan fingerprint density at radius 1 is 1.05 bits per heavy atom. The second-order valence-corrected chi connectivity index (χ2v) is 12.5. The van der Waals surface area contributed by atoms with E-state index < -0.39 is 10.0 Å². The van der Waals surface area contributed by atoms with E-state index >= 15 is 0 Å². The predicted octanol–water partition coefficient (Wildman–Crippen LogP) is 5.00. The summed E-state index contributed by atoms with van der Waals surface area (Å²) in [5, 5.41) is 0. The molecule has 0 aliphatic carbocycles. The molecule has 2 aliphatic rings. The summed E-state index contributed by atoms with van der Waals surface area (Å²) >= 11 is 0. The van der Waals surface area contributed by atoms with Crippen LogP contribution in [-0.2, 0) is 26.2 Å². The van der Waals surface area contributed by atoms with Crippen LogP contribution in [0, 0.1) is 13.8 Å². The maximum absolute atomic E-state index is 11.8. The van der Waals surface area contributed by atoms with Crippen molar-refractivity contribution in [2.75, 3.05) is 33.1 Å². The molecule has 2 unspecified atom stereocenters. The molecule has 8 nitrogen and oxygen atoms in total. The highest BCUT2D eigenvalue weighted by Gasteiger charge is 2.30. The molecule has 1 saturated heterocycles. The van der Waals surface area contributed by atoms with E-state index in [9.17, 15) is 13.2 Å². The number of aryl methyl sites for hydroxylation is 2. The van der Waals surface area contributed by atoms with Gasteiger partial charge in [0.15, 0.2) is 0 Å². The fourth-order valence-corrected chi connectivity index (χ4v) is 6.39. The first-order valence-corrected chi connectivity index (χ1v) is 15.2. The molecule has 0 radical (unpaired) electrons. The molecular weight excluding hydrogens is 530 g/mol. The van der Waals surface area contributed by atoms with Crippen molar-refractivity contribution in [1.82, 2.24) is 4.31 Å². The zero-order valence-electron chi connectivity index (χ0n) is 23.3. The number of sulfonamides is 1. The van der Waals surface area contributed by atoms with E-state index in [1.165, 1.54) is 17.7 Å². The maximum atomic E-state index is 11.8. The van der Waals surface area contributed by atoms with Crippen LogP contribution in [0.2, 0.25) is 0 Å². The van der Waals surface area contributed by atoms with Gasteiger partial charge in [0.1, 0.15) is 30.0 Å². The van der Waals surface area contributed by atoms with E-state index in [-0.39, 0.29) is 18.0 Å². The van der Waals surface area contributed by atoms with Gasteiger partial charge < -0.3 is 18.9 Å². The summed E-state index contributed by atoms with van der Waals surface area (Å²) in [6, 6.07) is 18.1. The van der Waals surface area contributed by atoms with E-state index in [1.807, 2.05) is 42.5 Å². The van der Waals surface area contributed by atoms with Gasteiger partial charge in [-0.15, -0.1) is 0 Å². The van der Waals surface area contributed by atoms with E-state index in [1.54, 1.807) is 0 Å². The molecule has 40 heavy (non-hydrogen) atoms. The van der Waals surface area contributed by atoms with E-state index in [0.717, 1.165) is 44.9 Å². The molecule has 0 aromatic heterocycles. The molecule has 0 spiro atoms. The number of hydrogen-bond acceptors (Lipinski definition) is 7. The van der Waals surface area contributed by atoms with E-state index in [2.05, 4.69) is 26.0 Å². The van der Waals surface area contributed by atoms with Crippen molar-refractivity contribution < 1.29 is 32.2 Å². The fourth-order valence-electron chi connectivity index (χ4n) is 5.52. The summed E-state index contributed by atoms with van der Waals surface area (Å²) in [6.07, 6.45) is 2.06. The summed E-state index contributed by atoms with van der Waals surface area (Å²) < 4.78 is 48.0. The lowest BCUT2D eigenvalue weighted by atomic mass is 9.94. The van der Waals surface area contributed by atoms with Crippen LogP contribution in [0.3, 0.4) is 0 Å². The van der Waals surface area contributed by atoms with Crippen LogP contribution in [0.1, 0.15) is 41.0 Å². The van der Waals surface area contributed by atoms with Crippen molar-refractivity contribution in [2.45, 2.75) is 45.3 Å². The number of carbonyl (C=O) groups is 1. The molecule has 3 aromatic carbocycles. The number of hydrogen-bond donors (Lipinski definition) is 0. The normalized spacial score (nSPS) is 18.7. The number of rotatable bonds is 9. The molecule has 2 aliphatic heterocycles. The van der Waals surface area contributed by atoms with Gasteiger partial charge in [-0.2, -0.15) is 4.31 Å². The SMILES string of the molecule is COC(=O)CC1COc2cc(OCc3cccc(-c4c(C)cc(OC5CCN(S(C)(=O)=O)C5)cc4C)c3)ccc21. The quantitative estimate of drug-likeness (QED) is 0.337. The minimum absolute atomic E-state index is 0.00297. The minimum Gasteiger partial charge on any atom is -0.492 e. The number of fused-ring (bicyclic) bond motifs is 1. The lowest BCUT2D eigenvalue weighted by Crippen LogP contribution is -2.29. The van der Waals surface area contributed by atoms with Crippen LogP contribution in [-0.4, -0.2) is 57.9 Å². The average Bonchev–Trinajstić information content (AvgIpc) is 3.54. The molecule has 0 N–H and O–H groups in total. The lowest BCUT2D eigenvalue weighted by Gasteiger charge is -2.18. The zero-order chi connectivity index (χ0) is 28.4. The Balaban J connectivity index is 1.25. The van der Waals surface area contributed by atoms with Crippen molar-refractivity contribution in [3.8, 4) is 28.4 Å². The highest BCUT2D eigenvalue weighted by Crippen LogP contribution is 2.39. The van der Waals surface area contributed by atoms with Crippen LogP contribution >= 0.6 is 0 Å². The molecule has 9 heteroatoms. The van der Waals surface area contributed by atoms with Gasteiger partial charge in [0, 0.05) is 24.1 Å². The topological polar surface area (TPSA) is 91.4 Å². The minimum atomic E-state index is -3.20. The van der Waals surface area contributed by atoms with Crippen LogP contribution in [0.5, 0.6) is 17.2 Å². The number of carbonyl (C=O) groups excluding carboxylic acids is 1. The number of nitrogens with zero attached hydrogens (tertiary/aromatic N) is 1. The van der Waals surface area contributed by atoms with E-state index in [0.29, 0.717) is 44.9 Å². The third-order valence-electron chi connectivity index (χ3n) is 7.51. The van der Waals surface area contributed by atoms with Crippen LogP contribution in [0.4, 0.5) is 0 Å². The Labute approximate surface area is 235 Å². The first kappa shape index (κ1) is 28.0.